The summed E-state index contributed by atoms with van der Waals surface area (Å²) in [6.07, 6.45) is -1.23. The fourth-order valence-corrected chi connectivity index (χ4v) is 3.05. The number of rotatable bonds is 6. The summed E-state index contributed by atoms with van der Waals surface area (Å²) < 4.78 is 44.7. The predicted octanol–water partition coefficient (Wildman–Crippen LogP) is 4.38. The first-order valence-corrected chi connectivity index (χ1v) is 9.01. The Morgan fingerprint density at radius 1 is 1.11 bits per heavy atom. The highest BCUT2D eigenvalue weighted by molar-refractivity contribution is 8.00. The van der Waals surface area contributed by atoms with Crippen LogP contribution in [0.25, 0.3) is 0 Å². The molecule has 0 aromatic heterocycles. The van der Waals surface area contributed by atoms with Crippen molar-refractivity contribution >= 4 is 29.3 Å². The minimum absolute atomic E-state index is 0.0124. The molecule has 2 rings (SSSR count). The highest BCUT2D eigenvalue weighted by Gasteiger charge is 2.21. The van der Waals surface area contributed by atoms with Gasteiger partial charge in [-0.15, -0.1) is 11.8 Å². The van der Waals surface area contributed by atoms with Crippen LogP contribution in [0, 0.1) is 31.3 Å². The van der Waals surface area contributed by atoms with Gasteiger partial charge in [0.15, 0.2) is 23.6 Å². The molecule has 144 valence electrons. The summed E-state index contributed by atoms with van der Waals surface area (Å²) in [5.74, 6) is -6.08. The summed E-state index contributed by atoms with van der Waals surface area (Å²) in [6, 6.07) is 7.41. The van der Waals surface area contributed by atoms with Gasteiger partial charge in [-0.3, -0.25) is 9.59 Å². The van der Waals surface area contributed by atoms with Crippen LogP contribution >= 0.6 is 11.8 Å². The van der Waals surface area contributed by atoms with Gasteiger partial charge in [0.1, 0.15) is 0 Å². The normalized spacial score (nSPS) is 11.8. The molecule has 1 amide bonds. The molecule has 1 N–H and O–H groups in total. The molecule has 1 atom stereocenters. The summed E-state index contributed by atoms with van der Waals surface area (Å²) in [7, 11) is 0. The molecule has 4 nitrogen and oxygen atoms in total. The minimum Gasteiger partial charge on any atom is -0.452 e. The average molecular weight is 397 g/mol. The number of benzene rings is 2. The van der Waals surface area contributed by atoms with E-state index >= 15 is 0 Å². The summed E-state index contributed by atoms with van der Waals surface area (Å²) >= 11 is 1.28. The van der Waals surface area contributed by atoms with E-state index in [-0.39, 0.29) is 5.75 Å². The Balaban J connectivity index is 1.91. The maximum Gasteiger partial charge on any atom is 0.317 e. The third kappa shape index (κ3) is 5.50. The largest absolute Gasteiger partial charge is 0.452 e. The van der Waals surface area contributed by atoms with Gasteiger partial charge in [0.05, 0.1) is 11.4 Å². The zero-order chi connectivity index (χ0) is 20.1. The minimum atomic E-state index is -1.69. The lowest BCUT2D eigenvalue weighted by Crippen LogP contribution is -2.31. The summed E-state index contributed by atoms with van der Waals surface area (Å²) in [4.78, 5) is 24.9. The van der Waals surface area contributed by atoms with Crippen LogP contribution in [0.15, 0.2) is 35.2 Å². The monoisotopic (exact) mass is 397 g/mol. The number of halogens is 3. The first kappa shape index (κ1) is 20.8. The molecule has 0 aliphatic heterocycles. The molecule has 2 aromatic carbocycles. The first-order chi connectivity index (χ1) is 12.7. The van der Waals surface area contributed by atoms with E-state index in [0.29, 0.717) is 6.07 Å². The molecule has 0 aliphatic carbocycles. The maximum absolute atomic E-state index is 13.6. The van der Waals surface area contributed by atoms with Crippen molar-refractivity contribution in [1.82, 2.24) is 0 Å². The quantitative estimate of drug-likeness (QED) is 0.446. The number of hydrogen-bond acceptors (Lipinski definition) is 4. The fourth-order valence-electron chi connectivity index (χ4n) is 2.14. The van der Waals surface area contributed by atoms with Crippen molar-refractivity contribution in [2.75, 3.05) is 11.1 Å². The Bertz CT molecular complexity index is 874. The van der Waals surface area contributed by atoms with Gasteiger partial charge in [-0.25, -0.2) is 13.2 Å². The van der Waals surface area contributed by atoms with Crippen LogP contribution in [0.4, 0.5) is 18.9 Å². The molecular formula is C19H18F3NO3S. The molecule has 0 radical (unpaired) electrons. The number of thioether (sulfide) groups is 1. The molecule has 2 aromatic rings. The van der Waals surface area contributed by atoms with Gasteiger partial charge in [-0.05, 0) is 44.5 Å². The molecule has 8 heteroatoms. The van der Waals surface area contributed by atoms with Crippen molar-refractivity contribution in [1.29, 1.82) is 0 Å². The van der Waals surface area contributed by atoms with Crippen molar-refractivity contribution in [2.45, 2.75) is 31.8 Å². The van der Waals surface area contributed by atoms with E-state index in [4.69, 9.17) is 4.74 Å². The zero-order valence-electron chi connectivity index (χ0n) is 14.9. The highest BCUT2D eigenvalue weighted by Crippen LogP contribution is 2.24. The second-order valence-electron chi connectivity index (χ2n) is 5.90. The van der Waals surface area contributed by atoms with Crippen LogP contribution in [-0.2, 0) is 14.3 Å². The summed E-state index contributed by atoms with van der Waals surface area (Å²) in [6.45, 7) is 5.15. The molecule has 0 spiro atoms. The van der Waals surface area contributed by atoms with Gasteiger partial charge in [-0.2, -0.15) is 0 Å². The van der Waals surface area contributed by atoms with E-state index in [9.17, 15) is 22.8 Å². The Morgan fingerprint density at radius 3 is 2.52 bits per heavy atom. The topological polar surface area (TPSA) is 55.4 Å². The number of hydrogen-bond donors (Lipinski definition) is 1. The van der Waals surface area contributed by atoms with Crippen molar-refractivity contribution in [3.05, 3.63) is 58.9 Å². The predicted molar refractivity (Wildman–Crippen MR) is 97.1 cm³/mol. The molecule has 0 heterocycles. The Labute approximate surface area is 159 Å². The molecule has 0 unspecified atom stereocenters. The van der Waals surface area contributed by atoms with Gasteiger partial charge in [0, 0.05) is 4.90 Å². The highest BCUT2D eigenvalue weighted by atomic mass is 32.2. The molecule has 0 saturated heterocycles. The van der Waals surface area contributed by atoms with E-state index in [1.54, 1.807) is 0 Å². The van der Waals surface area contributed by atoms with Gasteiger partial charge >= 0.3 is 5.97 Å². The SMILES string of the molecule is Cc1ccc(C)c(SCC(=O)O[C@H](C)C(=O)Nc2ccc(F)c(F)c2F)c1. The van der Waals surface area contributed by atoms with Gasteiger partial charge in [0.2, 0.25) is 0 Å². The molecule has 27 heavy (non-hydrogen) atoms. The van der Waals surface area contributed by atoms with Crippen LogP contribution in [0.2, 0.25) is 0 Å². The Morgan fingerprint density at radius 2 is 1.81 bits per heavy atom. The van der Waals surface area contributed by atoms with Crippen molar-refractivity contribution in [2.24, 2.45) is 0 Å². The van der Waals surface area contributed by atoms with E-state index in [1.165, 1.54) is 18.7 Å². The molecule has 0 aliphatic rings. The summed E-state index contributed by atoms with van der Waals surface area (Å²) in [5, 5.41) is 2.07. The number of aryl methyl sites for hydroxylation is 2. The molecule has 0 fully saturated rings. The lowest BCUT2D eigenvalue weighted by atomic mass is 10.2. The number of carbonyl (C=O) groups is 2. The zero-order valence-corrected chi connectivity index (χ0v) is 15.8. The van der Waals surface area contributed by atoms with Crippen LogP contribution < -0.4 is 5.32 Å². The molecule has 0 saturated carbocycles. The number of carbonyl (C=O) groups excluding carboxylic acids is 2. The summed E-state index contributed by atoms with van der Waals surface area (Å²) in [5.41, 5.74) is 1.53. The number of esters is 1. The van der Waals surface area contributed by atoms with Gasteiger partial charge in [-0.1, -0.05) is 17.7 Å². The van der Waals surface area contributed by atoms with Crippen molar-refractivity contribution < 1.29 is 27.5 Å². The lowest BCUT2D eigenvalue weighted by molar-refractivity contribution is -0.150. The van der Waals surface area contributed by atoms with Gasteiger partial charge in [0.25, 0.3) is 5.91 Å². The van der Waals surface area contributed by atoms with Crippen LogP contribution in [0.3, 0.4) is 0 Å². The second-order valence-corrected chi connectivity index (χ2v) is 6.92. The first-order valence-electron chi connectivity index (χ1n) is 8.03. The van der Waals surface area contributed by atoms with Crippen LogP contribution in [0.5, 0.6) is 0 Å². The number of amides is 1. The van der Waals surface area contributed by atoms with Crippen molar-refractivity contribution in [3.63, 3.8) is 0 Å². The maximum atomic E-state index is 13.6. The Hall–Kier alpha value is -2.48. The van der Waals surface area contributed by atoms with Gasteiger partial charge < -0.3 is 10.1 Å². The van der Waals surface area contributed by atoms with Crippen LogP contribution in [-0.4, -0.2) is 23.7 Å². The fraction of sp³-hybridized carbons (Fsp3) is 0.263. The average Bonchev–Trinajstić information content (AvgIpc) is 2.62. The molecule has 0 bridgehead atoms. The third-order valence-electron chi connectivity index (χ3n) is 3.66. The Kier molecular flexibility index (Phi) is 6.90. The smallest absolute Gasteiger partial charge is 0.317 e. The standard InChI is InChI=1S/C19H18F3NO3S/c1-10-4-5-11(2)15(8-10)27-9-16(24)26-12(3)19(25)23-14-7-6-13(20)17(21)18(14)22/h4-8,12H,9H2,1-3H3,(H,23,25)/t12-/m1/s1. The van der Waals surface area contributed by atoms with Crippen LogP contribution in [0.1, 0.15) is 18.1 Å². The van der Waals surface area contributed by atoms with E-state index in [0.717, 1.165) is 22.1 Å². The number of anilines is 1. The number of ether oxygens (including phenoxy) is 1. The number of nitrogens with one attached hydrogen (secondary N) is 1. The van der Waals surface area contributed by atoms with E-state index in [1.807, 2.05) is 32.0 Å². The van der Waals surface area contributed by atoms with E-state index in [2.05, 4.69) is 5.32 Å². The second kappa shape index (κ2) is 8.94. The lowest BCUT2D eigenvalue weighted by Gasteiger charge is -2.14. The molecular weight excluding hydrogens is 379 g/mol. The third-order valence-corrected chi connectivity index (χ3v) is 4.79. The van der Waals surface area contributed by atoms with E-state index < -0.39 is 41.1 Å². The van der Waals surface area contributed by atoms with Crippen molar-refractivity contribution in [3.8, 4) is 0 Å².